The van der Waals surface area contributed by atoms with Crippen LogP contribution in [0.15, 0.2) is 51.8 Å². The molecule has 0 bridgehead atoms. The third-order valence-electron chi connectivity index (χ3n) is 2.21. The van der Waals surface area contributed by atoms with Crippen LogP contribution in [0.2, 0.25) is 0 Å². The molecule has 2 aromatic carbocycles. The van der Waals surface area contributed by atoms with Crippen LogP contribution in [0.25, 0.3) is 0 Å². The quantitative estimate of drug-likeness (QED) is 0.717. The van der Waals surface area contributed by atoms with Gasteiger partial charge in [0.15, 0.2) is 0 Å². The Hall–Kier alpha value is -0.870. The molecule has 0 spiro atoms. The van der Waals surface area contributed by atoms with Gasteiger partial charge in [0, 0.05) is 15.1 Å². The number of hydrogen-bond donors (Lipinski definition) is 0. The summed E-state index contributed by atoms with van der Waals surface area (Å²) in [7, 11) is 0. The maximum atomic E-state index is 13.0. The molecule has 0 amide bonds. The van der Waals surface area contributed by atoms with Gasteiger partial charge in [-0.05, 0) is 35.9 Å². The summed E-state index contributed by atoms with van der Waals surface area (Å²) in [6.07, 6.45) is 0. The topological polar surface area (TPSA) is 0 Å². The lowest BCUT2D eigenvalue weighted by atomic mass is 10.2. The van der Waals surface area contributed by atoms with Crippen molar-refractivity contribution in [3.8, 4) is 0 Å². The number of hydrogen-bond acceptors (Lipinski definition) is 1. The van der Waals surface area contributed by atoms with Crippen molar-refractivity contribution in [1.29, 1.82) is 0 Å². The molecule has 2 aromatic rings. The highest BCUT2D eigenvalue weighted by Gasteiger charge is 2.03. The first-order valence-corrected chi connectivity index (χ1v) is 6.75. The van der Waals surface area contributed by atoms with Crippen LogP contribution in [0.3, 0.4) is 0 Å². The number of rotatable bonds is 3. The molecule has 0 aliphatic rings. The fourth-order valence-corrected chi connectivity index (χ4v) is 2.98. The molecule has 0 unspecified atom stereocenters. The molecule has 0 radical (unpaired) electrons. The molecule has 0 N–H and O–H groups in total. The van der Waals surface area contributed by atoms with Gasteiger partial charge >= 0.3 is 0 Å². The second kappa shape index (κ2) is 5.65. The fraction of sp³-hybridized carbons (Fsp3) is 0.0769. The first kappa shape index (κ1) is 12.6. The maximum absolute atomic E-state index is 13.0. The van der Waals surface area contributed by atoms with Crippen molar-refractivity contribution in [2.24, 2.45) is 0 Å². The first-order valence-electron chi connectivity index (χ1n) is 4.97. The first-order chi connectivity index (χ1) is 8.15. The van der Waals surface area contributed by atoms with Crippen LogP contribution >= 0.6 is 27.7 Å². The van der Waals surface area contributed by atoms with Gasteiger partial charge in [-0.3, -0.25) is 0 Å². The predicted molar refractivity (Wildman–Crippen MR) is 70.1 cm³/mol. The Balaban J connectivity index is 2.07. The summed E-state index contributed by atoms with van der Waals surface area (Å²) in [5.41, 5.74) is 0.987. The van der Waals surface area contributed by atoms with E-state index in [2.05, 4.69) is 15.9 Å². The van der Waals surface area contributed by atoms with Crippen LogP contribution in [-0.4, -0.2) is 0 Å². The van der Waals surface area contributed by atoms with E-state index in [-0.39, 0.29) is 11.6 Å². The molecule has 0 heterocycles. The zero-order chi connectivity index (χ0) is 12.3. The highest BCUT2D eigenvalue weighted by molar-refractivity contribution is 9.10. The van der Waals surface area contributed by atoms with E-state index >= 15 is 0 Å². The molecular formula is C13H9BrF2S. The summed E-state index contributed by atoms with van der Waals surface area (Å²) in [6.45, 7) is 0. The summed E-state index contributed by atoms with van der Waals surface area (Å²) in [5, 5.41) is 0. The van der Waals surface area contributed by atoms with Crippen molar-refractivity contribution >= 4 is 27.7 Å². The van der Waals surface area contributed by atoms with Crippen LogP contribution in [0.1, 0.15) is 5.56 Å². The van der Waals surface area contributed by atoms with E-state index in [1.165, 1.54) is 36.0 Å². The average Bonchev–Trinajstić information content (AvgIpc) is 2.28. The molecule has 17 heavy (non-hydrogen) atoms. The lowest BCUT2D eigenvalue weighted by Crippen LogP contribution is -1.85. The van der Waals surface area contributed by atoms with Gasteiger partial charge in [0.05, 0.1) is 0 Å². The summed E-state index contributed by atoms with van der Waals surface area (Å²) in [5.74, 6) is 0.161. The standard InChI is InChI=1S/C13H9BrF2S/c14-13-7-11(16)5-4-9(13)8-17-12-3-1-2-10(15)6-12/h1-7H,8H2. The summed E-state index contributed by atoms with van der Waals surface area (Å²) in [4.78, 5) is 0.862. The Labute approximate surface area is 111 Å². The highest BCUT2D eigenvalue weighted by Crippen LogP contribution is 2.27. The summed E-state index contributed by atoms with van der Waals surface area (Å²) in [6, 6.07) is 11.0. The summed E-state index contributed by atoms with van der Waals surface area (Å²) < 4.78 is 26.6. The van der Waals surface area contributed by atoms with E-state index in [1.54, 1.807) is 12.1 Å². The van der Waals surface area contributed by atoms with Crippen LogP contribution < -0.4 is 0 Å². The van der Waals surface area contributed by atoms with Crippen LogP contribution in [0, 0.1) is 11.6 Å². The van der Waals surface area contributed by atoms with E-state index in [9.17, 15) is 8.78 Å². The van der Waals surface area contributed by atoms with Gasteiger partial charge in [-0.25, -0.2) is 8.78 Å². The van der Waals surface area contributed by atoms with Gasteiger partial charge < -0.3 is 0 Å². The molecule has 88 valence electrons. The second-order valence-electron chi connectivity index (χ2n) is 3.48. The van der Waals surface area contributed by atoms with Crippen LogP contribution in [0.5, 0.6) is 0 Å². The monoisotopic (exact) mass is 314 g/mol. The SMILES string of the molecule is Fc1cccc(SCc2ccc(F)cc2Br)c1. The van der Waals surface area contributed by atoms with Crippen LogP contribution in [-0.2, 0) is 5.75 Å². The van der Waals surface area contributed by atoms with Gasteiger partial charge in [-0.15, -0.1) is 11.8 Å². The van der Waals surface area contributed by atoms with Crippen molar-refractivity contribution < 1.29 is 8.78 Å². The largest absolute Gasteiger partial charge is 0.207 e. The fourth-order valence-electron chi connectivity index (χ4n) is 1.36. The predicted octanol–water partition coefficient (Wildman–Crippen LogP) is 5.02. The van der Waals surface area contributed by atoms with Crippen LogP contribution in [0.4, 0.5) is 8.78 Å². The molecule has 0 fully saturated rings. The molecule has 0 saturated heterocycles. The summed E-state index contributed by atoms with van der Waals surface area (Å²) >= 11 is 4.82. The molecule has 2 rings (SSSR count). The Bertz CT molecular complexity index is 529. The van der Waals surface area contributed by atoms with Crippen molar-refractivity contribution in [3.05, 3.63) is 64.1 Å². The Morgan fingerprint density at radius 2 is 1.76 bits per heavy atom. The number of halogens is 3. The maximum Gasteiger partial charge on any atom is 0.124 e. The molecule has 0 atom stereocenters. The van der Waals surface area contributed by atoms with E-state index in [0.29, 0.717) is 5.75 Å². The molecule has 0 nitrogen and oxygen atoms in total. The molecule has 0 aromatic heterocycles. The van der Waals surface area contributed by atoms with Gasteiger partial charge in [0.25, 0.3) is 0 Å². The van der Waals surface area contributed by atoms with E-state index in [1.807, 2.05) is 6.07 Å². The average molecular weight is 315 g/mol. The Morgan fingerprint density at radius 3 is 2.47 bits per heavy atom. The highest BCUT2D eigenvalue weighted by atomic mass is 79.9. The van der Waals surface area contributed by atoms with Gasteiger partial charge in [0.1, 0.15) is 11.6 Å². The minimum Gasteiger partial charge on any atom is -0.207 e. The van der Waals surface area contributed by atoms with Gasteiger partial charge in [-0.1, -0.05) is 28.1 Å². The van der Waals surface area contributed by atoms with Crippen molar-refractivity contribution in [3.63, 3.8) is 0 Å². The van der Waals surface area contributed by atoms with Crippen molar-refractivity contribution in [2.75, 3.05) is 0 Å². The zero-order valence-electron chi connectivity index (χ0n) is 8.79. The van der Waals surface area contributed by atoms with Gasteiger partial charge in [-0.2, -0.15) is 0 Å². The molecular weight excluding hydrogens is 306 g/mol. The number of benzene rings is 2. The smallest absolute Gasteiger partial charge is 0.124 e. The van der Waals surface area contributed by atoms with E-state index in [4.69, 9.17) is 0 Å². The molecule has 0 saturated carbocycles. The molecule has 0 aliphatic heterocycles. The lowest BCUT2D eigenvalue weighted by Gasteiger charge is -2.04. The minimum absolute atomic E-state index is 0.242. The lowest BCUT2D eigenvalue weighted by molar-refractivity contribution is 0.624. The third-order valence-corrected chi connectivity index (χ3v) is 3.99. The van der Waals surface area contributed by atoms with E-state index in [0.717, 1.165) is 14.9 Å². The molecule has 4 heteroatoms. The Kier molecular flexibility index (Phi) is 4.18. The molecule has 0 aliphatic carbocycles. The zero-order valence-corrected chi connectivity index (χ0v) is 11.2. The number of thioether (sulfide) groups is 1. The second-order valence-corrected chi connectivity index (χ2v) is 5.38. The van der Waals surface area contributed by atoms with Crippen molar-refractivity contribution in [1.82, 2.24) is 0 Å². The Morgan fingerprint density at radius 1 is 1.00 bits per heavy atom. The van der Waals surface area contributed by atoms with E-state index < -0.39 is 0 Å². The minimum atomic E-state index is -0.267. The normalized spacial score (nSPS) is 10.5. The van der Waals surface area contributed by atoms with Gasteiger partial charge in [0.2, 0.25) is 0 Å². The third kappa shape index (κ3) is 3.54. The van der Waals surface area contributed by atoms with Crippen molar-refractivity contribution in [2.45, 2.75) is 10.6 Å².